The summed E-state index contributed by atoms with van der Waals surface area (Å²) in [6.07, 6.45) is 0. The van der Waals surface area contributed by atoms with E-state index in [1.807, 2.05) is 55.5 Å². The monoisotopic (exact) mass is 399 g/mol. The van der Waals surface area contributed by atoms with Crippen LogP contribution < -0.4 is 10.1 Å². The number of benzene rings is 2. The molecule has 2 aromatic carbocycles. The zero-order valence-electron chi connectivity index (χ0n) is 14.7. The molecule has 1 atom stereocenters. The Morgan fingerprint density at radius 1 is 1.22 bits per heavy atom. The van der Waals surface area contributed by atoms with Gasteiger partial charge in [0.25, 0.3) is 0 Å². The zero-order chi connectivity index (χ0) is 18.8. The fourth-order valence-corrected chi connectivity index (χ4v) is 4.43. The van der Waals surface area contributed by atoms with Gasteiger partial charge in [-0.25, -0.2) is 0 Å². The summed E-state index contributed by atoms with van der Waals surface area (Å²) in [6, 6.07) is 15.6. The van der Waals surface area contributed by atoms with Crippen molar-refractivity contribution in [3.8, 4) is 5.75 Å². The van der Waals surface area contributed by atoms with Crippen LogP contribution in [0.4, 0.5) is 5.82 Å². The van der Waals surface area contributed by atoms with Crippen molar-refractivity contribution in [1.29, 1.82) is 0 Å². The third-order valence-corrected chi connectivity index (χ3v) is 6.07. The van der Waals surface area contributed by atoms with Gasteiger partial charge in [0.15, 0.2) is 5.82 Å². The molecule has 2 heterocycles. The van der Waals surface area contributed by atoms with Crippen molar-refractivity contribution >= 4 is 35.1 Å². The quantitative estimate of drug-likeness (QED) is 0.665. The van der Waals surface area contributed by atoms with Gasteiger partial charge in [-0.1, -0.05) is 41.9 Å². The molecule has 0 bridgehead atoms. The summed E-state index contributed by atoms with van der Waals surface area (Å²) < 4.78 is 5.86. The molecule has 1 aliphatic heterocycles. The first-order valence-corrected chi connectivity index (χ1v) is 9.97. The summed E-state index contributed by atoms with van der Waals surface area (Å²) in [5.74, 6) is 1.75. The Morgan fingerprint density at radius 2 is 2.00 bits per heavy atom. The minimum Gasteiger partial charge on any atom is -0.489 e. The Hall–Kier alpha value is -2.44. The number of thioether (sulfide) groups is 1. The molecular formula is C20H18ClN3O2S. The summed E-state index contributed by atoms with van der Waals surface area (Å²) in [5, 5.41) is 10.8. The van der Waals surface area contributed by atoms with E-state index in [9.17, 15) is 4.79 Å². The predicted molar refractivity (Wildman–Crippen MR) is 108 cm³/mol. The number of hydrogen-bond donors (Lipinski definition) is 2. The van der Waals surface area contributed by atoms with Crippen LogP contribution in [0, 0.1) is 6.92 Å². The SMILES string of the molecule is Cc1[nH]nc2c1C(c1ccc(OCc3ccccc3Cl)cc1)SCC(=O)N2. The maximum atomic E-state index is 11.9. The molecule has 1 amide bonds. The summed E-state index contributed by atoms with van der Waals surface area (Å²) >= 11 is 7.77. The highest BCUT2D eigenvalue weighted by atomic mass is 35.5. The van der Waals surface area contributed by atoms with E-state index in [0.29, 0.717) is 23.2 Å². The van der Waals surface area contributed by atoms with Crippen molar-refractivity contribution < 1.29 is 9.53 Å². The molecule has 1 unspecified atom stereocenters. The molecule has 5 nitrogen and oxygen atoms in total. The first kappa shape index (κ1) is 17.9. The maximum absolute atomic E-state index is 11.9. The number of amides is 1. The standard InChI is InChI=1S/C20H18ClN3O2S/c1-12-18-19(27-11-17(25)22-20(18)24-23-12)13-6-8-15(9-7-13)26-10-14-4-2-3-5-16(14)21/h2-9,19H,10-11H2,1H3,(H2,22,23,24,25). The molecule has 0 spiro atoms. The van der Waals surface area contributed by atoms with E-state index in [2.05, 4.69) is 15.5 Å². The highest BCUT2D eigenvalue weighted by molar-refractivity contribution is 8.00. The normalized spacial score (nSPS) is 16.4. The molecule has 27 heavy (non-hydrogen) atoms. The number of carbonyl (C=O) groups excluding carboxylic acids is 1. The van der Waals surface area contributed by atoms with Gasteiger partial charge in [-0.3, -0.25) is 9.89 Å². The molecule has 4 rings (SSSR count). The summed E-state index contributed by atoms with van der Waals surface area (Å²) in [7, 11) is 0. The van der Waals surface area contributed by atoms with Gasteiger partial charge in [-0.05, 0) is 30.7 Å². The number of ether oxygens (including phenoxy) is 1. The van der Waals surface area contributed by atoms with Gasteiger partial charge in [-0.2, -0.15) is 5.10 Å². The average molecular weight is 400 g/mol. The van der Waals surface area contributed by atoms with E-state index >= 15 is 0 Å². The molecule has 2 N–H and O–H groups in total. The molecule has 0 radical (unpaired) electrons. The number of anilines is 1. The van der Waals surface area contributed by atoms with Crippen molar-refractivity contribution in [3.05, 3.63) is 75.9 Å². The lowest BCUT2D eigenvalue weighted by molar-refractivity contribution is -0.113. The number of rotatable bonds is 4. The Labute approximate surface area is 166 Å². The fraction of sp³-hybridized carbons (Fsp3) is 0.200. The minimum absolute atomic E-state index is 0.0325. The maximum Gasteiger partial charge on any atom is 0.235 e. The van der Waals surface area contributed by atoms with E-state index < -0.39 is 0 Å². The average Bonchev–Trinajstić information content (AvgIpc) is 2.93. The molecule has 0 aliphatic carbocycles. The molecule has 1 aliphatic rings. The van der Waals surface area contributed by atoms with Crippen LogP contribution in [0.1, 0.15) is 27.6 Å². The number of carbonyl (C=O) groups is 1. The van der Waals surface area contributed by atoms with Crippen LogP contribution in [0.5, 0.6) is 5.75 Å². The molecule has 0 saturated heterocycles. The van der Waals surface area contributed by atoms with E-state index in [1.54, 1.807) is 11.8 Å². The van der Waals surface area contributed by atoms with Crippen LogP contribution in [0.15, 0.2) is 48.5 Å². The Bertz CT molecular complexity index is 972. The zero-order valence-corrected chi connectivity index (χ0v) is 16.2. The number of aromatic nitrogens is 2. The lowest BCUT2D eigenvalue weighted by atomic mass is 10.0. The number of aryl methyl sites for hydroxylation is 1. The van der Waals surface area contributed by atoms with Crippen molar-refractivity contribution in [3.63, 3.8) is 0 Å². The Balaban J connectivity index is 1.53. The third kappa shape index (κ3) is 3.82. The minimum atomic E-state index is -0.0325. The number of nitrogens with zero attached hydrogens (tertiary/aromatic N) is 1. The van der Waals surface area contributed by atoms with Crippen molar-refractivity contribution in [2.24, 2.45) is 0 Å². The van der Waals surface area contributed by atoms with Crippen LogP contribution >= 0.6 is 23.4 Å². The smallest absolute Gasteiger partial charge is 0.235 e. The second-order valence-electron chi connectivity index (χ2n) is 6.30. The van der Waals surface area contributed by atoms with Crippen molar-refractivity contribution in [1.82, 2.24) is 10.2 Å². The first-order valence-electron chi connectivity index (χ1n) is 8.54. The lowest BCUT2D eigenvalue weighted by Crippen LogP contribution is -2.12. The highest BCUT2D eigenvalue weighted by Crippen LogP contribution is 2.42. The lowest BCUT2D eigenvalue weighted by Gasteiger charge is -2.16. The molecular weight excluding hydrogens is 382 g/mol. The van der Waals surface area contributed by atoms with E-state index in [4.69, 9.17) is 16.3 Å². The number of hydrogen-bond acceptors (Lipinski definition) is 4. The fourth-order valence-electron chi connectivity index (χ4n) is 3.04. The van der Waals surface area contributed by atoms with Gasteiger partial charge < -0.3 is 10.1 Å². The van der Waals surface area contributed by atoms with E-state index in [0.717, 1.165) is 28.1 Å². The molecule has 7 heteroatoms. The summed E-state index contributed by atoms with van der Waals surface area (Å²) in [5.41, 5.74) is 4.04. The van der Waals surface area contributed by atoms with Gasteiger partial charge >= 0.3 is 0 Å². The largest absolute Gasteiger partial charge is 0.489 e. The van der Waals surface area contributed by atoms with Gasteiger partial charge in [0.1, 0.15) is 12.4 Å². The number of fused-ring (bicyclic) bond motifs is 1. The topological polar surface area (TPSA) is 67.0 Å². The molecule has 138 valence electrons. The number of aromatic amines is 1. The van der Waals surface area contributed by atoms with Crippen LogP contribution in [0.3, 0.4) is 0 Å². The summed E-state index contributed by atoms with van der Waals surface area (Å²) in [6.45, 7) is 2.39. The molecule has 3 aromatic rings. The van der Waals surface area contributed by atoms with Crippen LogP contribution in [0.25, 0.3) is 0 Å². The predicted octanol–water partition coefficient (Wildman–Crippen LogP) is 4.73. The van der Waals surface area contributed by atoms with Gasteiger partial charge in [-0.15, -0.1) is 11.8 Å². The second kappa shape index (κ2) is 7.66. The van der Waals surface area contributed by atoms with Crippen LogP contribution in [-0.2, 0) is 11.4 Å². The summed E-state index contributed by atoms with van der Waals surface area (Å²) in [4.78, 5) is 11.9. The molecule has 0 saturated carbocycles. The van der Waals surface area contributed by atoms with E-state index in [-0.39, 0.29) is 11.2 Å². The van der Waals surface area contributed by atoms with Crippen LogP contribution in [0.2, 0.25) is 5.02 Å². The van der Waals surface area contributed by atoms with Gasteiger partial charge in [0.2, 0.25) is 5.91 Å². The third-order valence-electron chi connectivity index (χ3n) is 4.43. The van der Waals surface area contributed by atoms with Gasteiger partial charge in [0, 0.05) is 21.8 Å². The molecule has 0 fully saturated rings. The number of nitrogens with one attached hydrogen (secondary N) is 2. The Kier molecular flexibility index (Phi) is 5.09. The number of H-pyrrole nitrogens is 1. The Morgan fingerprint density at radius 3 is 2.78 bits per heavy atom. The second-order valence-corrected chi connectivity index (χ2v) is 7.80. The first-order chi connectivity index (χ1) is 13.1. The van der Waals surface area contributed by atoms with Crippen molar-refractivity contribution in [2.75, 3.05) is 11.1 Å². The van der Waals surface area contributed by atoms with E-state index in [1.165, 1.54) is 0 Å². The van der Waals surface area contributed by atoms with Crippen molar-refractivity contribution in [2.45, 2.75) is 18.8 Å². The number of halogens is 1. The molecule has 1 aromatic heterocycles. The van der Waals surface area contributed by atoms with Crippen LogP contribution in [-0.4, -0.2) is 21.9 Å². The highest BCUT2D eigenvalue weighted by Gasteiger charge is 2.28. The van der Waals surface area contributed by atoms with Gasteiger partial charge in [0.05, 0.1) is 11.0 Å².